The first kappa shape index (κ1) is 14.9. The van der Waals surface area contributed by atoms with Crippen LogP contribution < -0.4 is 9.47 Å². The van der Waals surface area contributed by atoms with Gasteiger partial charge >= 0.3 is 0 Å². The minimum absolute atomic E-state index is 0.305. The molecule has 0 saturated carbocycles. The number of alkyl halides is 1. The molecule has 0 aliphatic rings. The van der Waals surface area contributed by atoms with Crippen LogP contribution in [0.4, 0.5) is 0 Å². The molecular weight excluding hydrogens is 297 g/mol. The highest BCUT2D eigenvalue weighted by Crippen LogP contribution is 2.28. The number of aromatic nitrogens is 1. The van der Waals surface area contributed by atoms with E-state index in [1.807, 2.05) is 31.2 Å². The van der Waals surface area contributed by atoms with Crippen LogP contribution in [0.25, 0.3) is 0 Å². The molecule has 2 rings (SSSR count). The third kappa shape index (κ3) is 3.56. The highest BCUT2D eigenvalue weighted by molar-refractivity contribution is 6.32. The third-order valence-corrected chi connectivity index (χ3v) is 3.42. The van der Waals surface area contributed by atoms with E-state index in [4.69, 9.17) is 32.7 Å². The summed E-state index contributed by atoms with van der Waals surface area (Å²) in [6.45, 7) is 2.25. The Hall–Kier alpha value is -1.45. The van der Waals surface area contributed by atoms with Crippen LogP contribution in [0.1, 0.15) is 17.0 Å². The Morgan fingerprint density at radius 3 is 2.75 bits per heavy atom. The van der Waals surface area contributed by atoms with Crippen molar-refractivity contribution in [3.63, 3.8) is 0 Å². The Labute approximate surface area is 128 Å². The molecule has 0 aliphatic heterocycles. The molecule has 2 aromatic rings. The summed E-state index contributed by atoms with van der Waals surface area (Å²) in [5.41, 5.74) is 2.46. The van der Waals surface area contributed by atoms with Crippen molar-refractivity contribution >= 4 is 23.2 Å². The molecule has 1 aromatic heterocycles. The normalized spacial score (nSPS) is 10.4. The van der Waals surface area contributed by atoms with E-state index in [1.165, 1.54) is 0 Å². The number of hydrogen-bond donors (Lipinski definition) is 0. The molecule has 5 heteroatoms. The van der Waals surface area contributed by atoms with Crippen LogP contribution in [0.2, 0.25) is 5.02 Å². The fraction of sp³-hybridized carbons (Fsp3) is 0.267. The van der Waals surface area contributed by atoms with Gasteiger partial charge in [-0.05, 0) is 19.1 Å². The highest BCUT2D eigenvalue weighted by Gasteiger charge is 2.08. The standard InChI is InChI=1S/C15H15Cl2NO2/c1-10-6-12(19-2)7-11(18-10)9-20-15-5-3-4-14(17)13(15)8-16/h3-7H,8-9H2,1-2H3. The van der Waals surface area contributed by atoms with Gasteiger partial charge in [0.05, 0.1) is 18.7 Å². The second-order valence-electron chi connectivity index (χ2n) is 4.28. The second kappa shape index (κ2) is 6.82. The van der Waals surface area contributed by atoms with Crippen molar-refractivity contribution in [1.82, 2.24) is 4.98 Å². The summed E-state index contributed by atoms with van der Waals surface area (Å²) in [5.74, 6) is 1.74. The van der Waals surface area contributed by atoms with E-state index in [0.29, 0.717) is 23.3 Å². The number of hydrogen-bond acceptors (Lipinski definition) is 3. The zero-order valence-electron chi connectivity index (χ0n) is 11.3. The molecule has 0 amide bonds. The first-order valence-corrected chi connectivity index (χ1v) is 7.03. The molecule has 0 fully saturated rings. The number of ether oxygens (including phenoxy) is 2. The van der Waals surface area contributed by atoms with E-state index < -0.39 is 0 Å². The van der Waals surface area contributed by atoms with Crippen LogP contribution in [0.3, 0.4) is 0 Å². The summed E-state index contributed by atoms with van der Waals surface area (Å²) in [7, 11) is 1.63. The van der Waals surface area contributed by atoms with Gasteiger partial charge in [0, 0.05) is 28.4 Å². The Kier molecular flexibility index (Phi) is 5.10. The molecular formula is C15H15Cl2NO2. The monoisotopic (exact) mass is 311 g/mol. The van der Waals surface area contributed by atoms with Crippen LogP contribution in [0, 0.1) is 6.92 Å². The molecule has 3 nitrogen and oxygen atoms in total. The summed E-state index contributed by atoms with van der Waals surface area (Å²) < 4.78 is 11.0. The van der Waals surface area contributed by atoms with Gasteiger partial charge in [0.25, 0.3) is 0 Å². The van der Waals surface area contributed by atoms with E-state index in [-0.39, 0.29) is 0 Å². The summed E-state index contributed by atoms with van der Waals surface area (Å²) >= 11 is 12.0. The molecule has 0 aliphatic carbocycles. The highest BCUT2D eigenvalue weighted by atomic mass is 35.5. The lowest BCUT2D eigenvalue weighted by Gasteiger charge is -2.12. The van der Waals surface area contributed by atoms with Gasteiger partial charge in [-0.1, -0.05) is 17.7 Å². The molecule has 0 unspecified atom stereocenters. The van der Waals surface area contributed by atoms with E-state index in [1.54, 1.807) is 13.2 Å². The molecule has 0 radical (unpaired) electrons. The van der Waals surface area contributed by atoms with Gasteiger partial charge in [0.1, 0.15) is 18.1 Å². The lowest BCUT2D eigenvalue weighted by molar-refractivity contribution is 0.297. The summed E-state index contributed by atoms with van der Waals surface area (Å²) in [6.07, 6.45) is 0. The zero-order valence-corrected chi connectivity index (χ0v) is 12.8. The molecule has 20 heavy (non-hydrogen) atoms. The number of pyridine rings is 1. The van der Waals surface area contributed by atoms with Crippen molar-refractivity contribution in [3.8, 4) is 11.5 Å². The Balaban J connectivity index is 2.17. The van der Waals surface area contributed by atoms with Crippen molar-refractivity contribution in [2.75, 3.05) is 7.11 Å². The maximum absolute atomic E-state index is 6.08. The summed E-state index contributed by atoms with van der Waals surface area (Å²) in [6, 6.07) is 9.18. The number of rotatable bonds is 5. The molecule has 0 N–H and O–H groups in total. The summed E-state index contributed by atoms with van der Waals surface area (Å²) in [4.78, 5) is 4.40. The molecule has 1 heterocycles. The fourth-order valence-electron chi connectivity index (χ4n) is 1.85. The molecule has 0 atom stereocenters. The zero-order chi connectivity index (χ0) is 14.5. The van der Waals surface area contributed by atoms with Crippen LogP contribution >= 0.6 is 23.2 Å². The second-order valence-corrected chi connectivity index (χ2v) is 4.95. The van der Waals surface area contributed by atoms with Gasteiger partial charge in [0.15, 0.2) is 0 Å². The van der Waals surface area contributed by atoms with Gasteiger partial charge in [-0.15, -0.1) is 11.6 Å². The summed E-state index contributed by atoms with van der Waals surface area (Å²) in [5, 5.41) is 0.604. The lowest BCUT2D eigenvalue weighted by atomic mass is 10.2. The molecule has 106 valence electrons. The number of nitrogens with zero attached hydrogens (tertiary/aromatic N) is 1. The predicted octanol–water partition coefficient (Wildman–Crippen LogP) is 4.37. The topological polar surface area (TPSA) is 31.4 Å². The first-order valence-electron chi connectivity index (χ1n) is 6.11. The molecule has 0 bridgehead atoms. The minimum Gasteiger partial charge on any atom is -0.497 e. The fourth-order valence-corrected chi connectivity index (χ4v) is 2.43. The SMILES string of the molecule is COc1cc(C)nc(COc2cccc(Cl)c2CCl)c1. The van der Waals surface area contributed by atoms with E-state index in [9.17, 15) is 0 Å². The maximum Gasteiger partial charge on any atom is 0.130 e. The van der Waals surface area contributed by atoms with E-state index in [2.05, 4.69) is 4.98 Å². The van der Waals surface area contributed by atoms with Crippen molar-refractivity contribution in [3.05, 3.63) is 52.3 Å². The number of halogens is 2. The van der Waals surface area contributed by atoms with Crippen molar-refractivity contribution < 1.29 is 9.47 Å². The molecule has 0 spiro atoms. The van der Waals surface area contributed by atoms with Crippen molar-refractivity contribution in [2.24, 2.45) is 0 Å². The molecule has 0 saturated heterocycles. The van der Waals surface area contributed by atoms with Crippen molar-refractivity contribution in [2.45, 2.75) is 19.4 Å². The number of aryl methyl sites for hydroxylation is 1. The maximum atomic E-state index is 6.08. The predicted molar refractivity (Wildman–Crippen MR) is 80.9 cm³/mol. The third-order valence-electron chi connectivity index (χ3n) is 2.80. The number of benzene rings is 1. The largest absolute Gasteiger partial charge is 0.497 e. The van der Waals surface area contributed by atoms with Crippen LogP contribution in [0.15, 0.2) is 30.3 Å². The van der Waals surface area contributed by atoms with Gasteiger partial charge in [0.2, 0.25) is 0 Å². The number of methoxy groups -OCH3 is 1. The van der Waals surface area contributed by atoms with E-state index in [0.717, 1.165) is 22.7 Å². The van der Waals surface area contributed by atoms with Gasteiger partial charge in [-0.3, -0.25) is 4.98 Å². The quantitative estimate of drug-likeness (QED) is 0.768. The Morgan fingerprint density at radius 2 is 2.05 bits per heavy atom. The Morgan fingerprint density at radius 1 is 1.25 bits per heavy atom. The molecule has 1 aromatic carbocycles. The van der Waals surface area contributed by atoms with Gasteiger partial charge in [-0.2, -0.15) is 0 Å². The van der Waals surface area contributed by atoms with Crippen LogP contribution in [-0.4, -0.2) is 12.1 Å². The minimum atomic E-state index is 0.305. The van der Waals surface area contributed by atoms with Gasteiger partial charge in [-0.25, -0.2) is 0 Å². The average molecular weight is 312 g/mol. The van der Waals surface area contributed by atoms with E-state index >= 15 is 0 Å². The van der Waals surface area contributed by atoms with Gasteiger partial charge < -0.3 is 9.47 Å². The Bertz CT molecular complexity index is 602. The lowest BCUT2D eigenvalue weighted by Crippen LogP contribution is -2.02. The smallest absolute Gasteiger partial charge is 0.130 e. The average Bonchev–Trinajstić information content (AvgIpc) is 2.44. The van der Waals surface area contributed by atoms with Crippen LogP contribution in [0.5, 0.6) is 11.5 Å². The van der Waals surface area contributed by atoms with Crippen LogP contribution in [-0.2, 0) is 12.5 Å². The first-order chi connectivity index (χ1) is 9.63. The van der Waals surface area contributed by atoms with Crippen molar-refractivity contribution in [1.29, 1.82) is 0 Å².